The number of hydrogen-bond donors (Lipinski definition) is 1. The molecule has 2 aromatic carbocycles. The van der Waals surface area contributed by atoms with E-state index in [1.807, 2.05) is 18.2 Å². The summed E-state index contributed by atoms with van der Waals surface area (Å²) < 4.78 is 18.5. The minimum Gasteiger partial charge on any atom is -0.454 e. The maximum absolute atomic E-state index is 13.5. The van der Waals surface area contributed by atoms with Crippen LogP contribution in [0.5, 0.6) is 0 Å². The third kappa shape index (κ3) is 6.12. The summed E-state index contributed by atoms with van der Waals surface area (Å²) in [4.78, 5) is 39.9. The Hall–Kier alpha value is -3.26. The van der Waals surface area contributed by atoms with E-state index in [9.17, 15) is 18.8 Å². The second kappa shape index (κ2) is 10.5. The van der Waals surface area contributed by atoms with E-state index in [4.69, 9.17) is 4.74 Å². The molecule has 2 amide bonds. The Labute approximate surface area is 174 Å². The van der Waals surface area contributed by atoms with Gasteiger partial charge in [0.25, 0.3) is 11.8 Å². The molecule has 0 aromatic heterocycles. The van der Waals surface area contributed by atoms with Crippen LogP contribution in [0.25, 0.3) is 0 Å². The van der Waals surface area contributed by atoms with Crippen molar-refractivity contribution in [2.45, 2.75) is 6.54 Å². The zero-order valence-electron chi connectivity index (χ0n) is 16.6. The lowest BCUT2D eigenvalue weighted by molar-refractivity contribution is -0.151. The number of amides is 2. The van der Waals surface area contributed by atoms with Gasteiger partial charge in [0.2, 0.25) is 0 Å². The highest BCUT2D eigenvalue weighted by molar-refractivity contribution is 5.96. The van der Waals surface area contributed by atoms with Gasteiger partial charge in [0, 0.05) is 32.7 Å². The van der Waals surface area contributed by atoms with E-state index in [0.29, 0.717) is 13.1 Å². The number of rotatable bonds is 7. The summed E-state index contributed by atoms with van der Waals surface area (Å²) in [7, 11) is 0. The Kier molecular flexibility index (Phi) is 7.51. The molecule has 1 saturated heterocycles. The Bertz CT molecular complexity index is 883. The molecule has 30 heavy (non-hydrogen) atoms. The lowest BCUT2D eigenvalue weighted by atomic mass is 10.2. The maximum Gasteiger partial charge on any atom is 0.325 e. The SMILES string of the molecule is O=C(CNC(=O)c1ccccc1F)OCC(=O)N1CCN(Cc2ccccc2)CC1. The number of carbonyl (C=O) groups excluding carboxylic acids is 3. The van der Waals surface area contributed by atoms with Crippen LogP contribution in [0.15, 0.2) is 54.6 Å². The monoisotopic (exact) mass is 413 g/mol. The third-order valence-corrected chi connectivity index (χ3v) is 4.84. The van der Waals surface area contributed by atoms with Crippen LogP contribution in [0.3, 0.4) is 0 Å². The number of benzene rings is 2. The van der Waals surface area contributed by atoms with Gasteiger partial charge in [-0.25, -0.2) is 4.39 Å². The zero-order chi connectivity index (χ0) is 21.3. The molecular weight excluding hydrogens is 389 g/mol. The van der Waals surface area contributed by atoms with E-state index in [0.717, 1.165) is 25.7 Å². The number of hydrogen-bond acceptors (Lipinski definition) is 5. The molecule has 2 aromatic rings. The lowest BCUT2D eigenvalue weighted by Crippen LogP contribution is -2.49. The number of esters is 1. The van der Waals surface area contributed by atoms with Gasteiger partial charge in [-0.15, -0.1) is 0 Å². The number of halogens is 1. The van der Waals surface area contributed by atoms with Crippen LogP contribution in [-0.2, 0) is 20.9 Å². The van der Waals surface area contributed by atoms with E-state index < -0.39 is 24.2 Å². The van der Waals surface area contributed by atoms with Crippen molar-refractivity contribution in [3.8, 4) is 0 Å². The Morgan fingerprint density at radius 2 is 1.60 bits per heavy atom. The molecule has 0 atom stereocenters. The molecular formula is C22H24FN3O4. The number of ether oxygens (including phenoxy) is 1. The summed E-state index contributed by atoms with van der Waals surface area (Å²) in [6.07, 6.45) is 0. The van der Waals surface area contributed by atoms with Crippen LogP contribution < -0.4 is 5.32 Å². The van der Waals surface area contributed by atoms with Crippen LogP contribution in [0.2, 0.25) is 0 Å². The van der Waals surface area contributed by atoms with Crippen molar-refractivity contribution in [2.24, 2.45) is 0 Å². The van der Waals surface area contributed by atoms with Crippen molar-refractivity contribution in [3.05, 3.63) is 71.5 Å². The van der Waals surface area contributed by atoms with Crippen molar-refractivity contribution in [3.63, 3.8) is 0 Å². The molecule has 0 spiro atoms. The number of carbonyl (C=O) groups is 3. The fourth-order valence-corrected chi connectivity index (χ4v) is 3.17. The molecule has 1 N–H and O–H groups in total. The predicted octanol–water partition coefficient (Wildman–Crippen LogP) is 1.44. The van der Waals surface area contributed by atoms with Gasteiger partial charge in [-0.05, 0) is 17.7 Å². The molecule has 0 unspecified atom stereocenters. The van der Waals surface area contributed by atoms with Crippen LogP contribution >= 0.6 is 0 Å². The second-order valence-corrected chi connectivity index (χ2v) is 6.97. The van der Waals surface area contributed by atoms with E-state index in [-0.39, 0.29) is 18.1 Å². The molecule has 1 heterocycles. The molecule has 1 aliphatic rings. The van der Waals surface area contributed by atoms with Gasteiger partial charge < -0.3 is 15.0 Å². The molecule has 8 heteroatoms. The summed E-state index contributed by atoms with van der Waals surface area (Å²) in [5.41, 5.74) is 1.07. The highest BCUT2D eigenvalue weighted by Crippen LogP contribution is 2.09. The first-order chi connectivity index (χ1) is 14.5. The summed E-state index contributed by atoms with van der Waals surface area (Å²) >= 11 is 0. The Balaban J connectivity index is 1.35. The molecule has 0 radical (unpaired) electrons. The average molecular weight is 413 g/mol. The molecule has 0 saturated carbocycles. The van der Waals surface area contributed by atoms with Crippen LogP contribution in [0, 0.1) is 5.82 Å². The number of nitrogens with zero attached hydrogens (tertiary/aromatic N) is 2. The first-order valence-corrected chi connectivity index (χ1v) is 9.75. The van der Waals surface area contributed by atoms with Crippen LogP contribution in [-0.4, -0.2) is 66.9 Å². The summed E-state index contributed by atoms with van der Waals surface area (Å²) in [6, 6.07) is 15.6. The van der Waals surface area contributed by atoms with E-state index in [1.165, 1.54) is 23.8 Å². The highest BCUT2D eigenvalue weighted by Gasteiger charge is 2.22. The van der Waals surface area contributed by atoms with Crippen molar-refractivity contribution in [2.75, 3.05) is 39.3 Å². The fourth-order valence-electron chi connectivity index (χ4n) is 3.17. The molecule has 3 rings (SSSR count). The van der Waals surface area contributed by atoms with Crippen molar-refractivity contribution >= 4 is 17.8 Å². The van der Waals surface area contributed by atoms with Gasteiger partial charge in [0.1, 0.15) is 12.4 Å². The predicted molar refractivity (Wildman–Crippen MR) is 108 cm³/mol. The Morgan fingerprint density at radius 1 is 0.933 bits per heavy atom. The molecule has 0 bridgehead atoms. The molecule has 158 valence electrons. The fraction of sp³-hybridized carbons (Fsp3) is 0.318. The maximum atomic E-state index is 13.5. The first kappa shape index (κ1) is 21.4. The van der Waals surface area contributed by atoms with Gasteiger partial charge in [0.05, 0.1) is 5.56 Å². The number of nitrogens with one attached hydrogen (secondary N) is 1. The van der Waals surface area contributed by atoms with E-state index in [2.05, 4.69) is 22.3 Å². The van der Waals surface area contributed by atoms with Crippen molar-refractivity contribution in [1.82, 2.24) is 15.1 Å². The van der Waals surface area contributed by atoms with Crippen molar-refractivity contribution < 1.29 is 23.5 Å². The molecule has 0 aliphatic carbocycles. The zero-order valence-corrected chi connectivity index (χ0v) is 16.6. The minimum absolute atomic E-state index is 0.158. The quantitative estimate of drug-likeness (QED) is 0.695. The van der Waals surface area contributed by atoms with Gasteiger partial charge in [-0.2, -0.15) is 0 Å². The van der Waals surface area contributed by atoms with Gasteiger partial charge in [-0.1, -0.05) is 42.5 Å². The largest absolute Gasteiger partial charge is 0.454 e. The first-order valence-electron chi connectivity index (χ1n) is 9.75. The molecule has 1 aliphatic heterocycles. The number of piperazine rings is 1. The van der Waals surface area contributed by atoms with Crippen molar-refractivity contribution in [1.29, 1.82) is 0 Å². The van der Waals surface area contributed by atoms with Gasteiger partial charge in [0.15, 0.2) is 6.61 Å². The lowest BCUT2D eigenvalue weighted by Gasteiger charge is -2.34. The smallest absolute Gasteiger partial charge is 0.325 e. The minimum atomic E-state index is -0.754. The van der Waals surface area contributed by atoms with E-state index in [1.54, 1.807) is 4.90 Å². The summed E-state index contributed by atoms with van der Waals surface area (Å²) in [5, 5.41) is 2.29. The highest BCUT2D eigenvalue weighted by atomic mass is 19.1. The van der Waals surface area contributed by atoms with Gasteiger partial charge in [-0.3, -0.25) is 19.3 Å². The summed E-state index contributed by atoms with van der Waals surface area (Å²) in [5.74, 6) is -2.42. The molecule has 1 fully saturated rings. The van der Waals surface area contributed by atoms with Crippen LogP contribution in [0.4, 0.5) is 4.39 Å². The normalized spacial score (nSPS) is 14.2. The van der Waals surface area contributed by atoms with Gasteiger partial charge >= 0.3 is 5.97 Å². The third-order valence-electron chi connectivity index (χ3n) is 4.84. The standard InChI is InChI=1S/C22H24FN3O4/c23-19-9-5-4-8-18(19)22(29)24-14-21(28)30-16-20(27)26-12-10-25(11-13-26)15-17-6-2-1-3-7-17/h1-9H,10-16H2,(H,24,29). The average Bonchev–Trinajstić information content (AvgIpc) is 2.77. The van der Waals surface area contributed by atoms with E-state index >= 15 is 0 Å². The summed E-state index contributed by atoms with van der Waals surface area (Å²) in [6.45, 7) is 2.62. The van der Waals surface area contributed by atoms with Crippen LogP contribution in [0.1, 0.15) is 15.9 Å². The topological polar surface area (TPSA) is 78.9 Å². The molecule has 7 nitrogen and oxygen atoms in total. The Morgan fingerprint density at radius 3 is 2.30 bits per heavy atom. The second-order valence-electron chi connectivity index (χ2n) is 6.97.